The number of nitrogens with zero attached hydrogens (tertiary/aromatic N) is 3. The zero-order valence-electron chi connectivity index (χ0n) is 23.7. The highest BCUT2D eigenvalue weighted by Gasteiger charge is 2.35. The number of nitrogens with one attached hydrogen (secondary N) is 2. The maximum atomic E-state index is 13.8. The van der Waals surface area contributed by atoms with Crippen LogP contribution in [0.5, 0.6) is 5.75 Å². The molecule has 4 rings (SSSR count). The van der Waals surface area contributed by atoms with Gasteiger partial charge in [-0.25, -0.2) is 14.4 Å². The Morgan fingerprint density at radius 3 is 2.61 bits per heavy atom. The number of halogens is 1. The van der Waals surface area contributed by atoms with E-state index < -0.39 is 23.8 Å². The second-order valence-electron chi connectivity index (χ2n) is 10.3. The van der Waals surface area contributed by atoms with Crippen LogP contribution in [0.1, 0.15) is 80.4 Å². The van der Waals surface area contributed by atoms with Gasteiger partial charge >= 0.3 is 5.97 Å². The number of esters is 1. The van der Waals surface area contributed by atoms with Crippen LogP contribution in [-0.4, -0.2) is 58.3 Å². The number of hydrogen-bond donors (Lipinski definition) is 2. The van der Waals surface area contributed by atoms with E-state index >= 15 is 0 Å². The number of oxime groups is 1. The van der Waals surface area contributed by atoms with Gasteiger partial charge in [0, 0.05) is 25.9 Å². The molecule has 0 radical (unpaired) electrons. The van der Waals surface area contributed by atoms with E-state index in [0.29, 0.717) is 35.8 Å². The second-order valence-corrected chi connectivity index (χ2v) is 10.3. The van der Waals surface area contributed by atoms with Gasteiger partial charge in [-0.3, -0.25) is 14.4 Å². The lowest BCUT2D eigenvalue weighted by Gasteiger charge is -2.31. The molecule has 1 fully saturated rings. The Labute approximate surface area is 238 Å². The van der Waals surface area contributed by atoms with Gasteiger partial charge in [-0.05, 0) is 76.1 Å². The topological polar surface area (TPSA) is 141 Å². The molecule has 1 unspecified atom stereocenters. The molecule has 1 saturated carbocycles. The number of aromatic nitrogens is 2. The van der Waals surface area contributed by atoms with Crippen molar-refractivity contribution in [1.29, 1.82) is 0 Å². The molecule has 11 nitrogen and oxygen atoms in total. The molecule has 12 heteroatoms. The fourth-order valence-electron chi connectivity index (χ4n) is 5.09. The van der Waals surface area contributed by atoms with Gasteiger partial charge in [0.05, 0.1) is 12.3 Å². The van der Waals surface area contributed by atoms with Crippen LogP contribution in [0.2, 0.25) is 0 Å². The summed E-state index contributed by atoms with van der Waals surface area (Å²) in [5, 5.41) is 10.0. The van der Waals surface area contributed by atoms with E-state index in [9.17, 15) is 18.8 Å². The van der Waals surface area contributed by atoms with Crippen molar-refractivity contribution in [2.75, 3.05) is 6.61 Å². The van der Waals surface area contributed by atoms with Crippen molar-refractivity contribution in [3.05, 3.63) is 52.9 Å². The van der Waals surface area contributed by atoms with E-state index in [-0.39, 0.29) is 42.0 Å². The number of rotatable bonds is 10. The van der Waals surface area contributed by atoms with Gasteiger partial charge in [-0.1, -0.05) is 11.2 Å². The first-order valence-electron chi connectivity index (χ1n) is 13.9. The molecular weight excluding hydrogens is 533 g/mol. The molecule has 2 aliphatic rings. The summed E-state index contributed by atoms with van der Waals surface area (Å²) in [5.41, 5.74) is 2.08. The molecule has 0 bridgehead atoms. The van der Waals surface area contributed by atoms with Gasteiger partial charge in [0.25, 0.3) is 11.8 Å². The number of carbonyl (C=O) groups excluding carboxylic acids is 3. The van der Waals surface area contributed by atoms with Gasteiger partial charge < -0.3 is 24.9 Å². The predicted octanol–water partition coefficient (Wildman–Crippen LogP) is 3.37. The molecule has 0 spiro atoms. The van der Waals surface area contributed by atoms with Gasteiger partial charge in [0.1, 0.15) is 23.3 Å². The first-order chi connectivity index (χ1) is 19.6. The smallest absolute Gasteiger partial charge is 0.303 e. The maximum Gasteiger partial charge on any atom is 0.303 e. The fraction of sp³-hybridized carbons (Fsp3) is 0.517. The van der Waals surface area contributed by atoms with E-state index in [1.54, 1.807) is 39.0 Å². The summed E-state index contributed by atoms with van der Waals surface area (Å²) in [5.74, 6) is -0.797. The third-order valence-corrected chi connectivity index (χ3v) is 7.16. The van der Waals surface area contributed by atoms with E-state index in [4.69, 9.17) is 14.3 Å². The monoisotopic (exact) mass is 569 g/mol. The number of aryl methyl sites for hydroxylation is 1. The van der Waals surface area contributed by atoms with E-state index in [0.717, 1.165) is 25.7 Å². The van der Waals surface area contributed by atoms with E-state index in [2.05, 4.69) is 25.8 Å². The fourth-order valence-corrected chi connectivity index (χ4v) is 5.09. The maximum absolute atomic E-state index is 13.8. The molecule has 1 aliphatic carbocycles. The zero-order valence-corrected chi connectivity index (χ0v) is 23.7. The molecule has 2 heterocycles. The summed E-state index contributed by atoms with van der Waals surface area (Å²) in [6.07, 6.45) is 2.89. The molecule has 0 saturated heterocycles. The number of ether oxygens (including phenoxy) is 2. The first-order valence-corrected chi connectivity index (χ1v) is 13.9. The van der Waals surface area contributed by atoms with Gasteiger partial charge in [0.2, 0.25) is 0 Å². The molecule has 220 valence electrons. The normalized spacial score (nSPS) is 20.8. The van der Waals surface area contributed by atoms with E-state index in [1.807, 2.05) is 0 Å². The minimum absolute atomic E-state index is 0.0183. The van der Waals surface area contributed by atoms with Crippen LogP contribution in [0.25, 0.3) is 0 Å². The summed E-state index contributed by atoms with van der Waals surface area (Å²) in [6, 6.07) is 6.07. The lowest BCUT2D eigenvalue weighted by Crippen LogP contribution is -2.44. The summed E-state index contributed by atoms with van der Waals surface area (Å²) in [6.45, 7) is 6.83. The highest BCUT2D eigenvalue weighted by molar-refractivity contribution is 6.02. The average molecular weight is 570 g/mol. The third-order valence-electron chi connectivity index (χ3n) is 7.16. The number of amides is 2. The van der Waals surface area contributed by atoms with Crippen LogP contribution >= 0.6 is 0 Å². The number of benzene rings is 1. The summed E-state index contributed by atoms with van der Waals surface area (Å²) >= 11 is 0. The second kappa shape index (κ2) is 13.5. The van der Waals surface area contributed by atoms with Crippen LogP contribution in [0.3, 0.4) is 0 Å². The van der Waals surface area contributed by atoms with Crippen LogP contribution in [0.15, 0.2) is 29.4 Å². The lowest BCUT2D eigenvalue weighted by molar-refractivity contribution is -0.153. The molecule has 2 N–H and O–H groups in total. The molecule has 1 aromatic heterocycles. The Balaban J connectivity index is 1.30. The van der Waals surface area contributed by atoms with Crippen molar-refractivity contribution in [2.45, 2.75) is 84.6 Å². The van der Waals surface area contributed by atoms with Crippen molar-refractivity contribution in [1.82, 2.24) is 20.6 Å². The van der Waals surface area contributed by atoms with Crippen molar-refractivity contribution >= 4 is 23.5 Å². The predicted molar refractivity (Wildman–Crippen MR) is 147 cm³/mol. The summed E-state index contributed by atoms with van der Waals surface area (Å²) < 4.78 is 24.1. The van der Waals surface area contributed by atoms with Crippen LogP contribution in [0.4, 0.5) is 4.39 Å². The lowest BCUT2D eigenvalue weighted by atomic mass is 9.81. The van der Waals surface area contributed by atoms with Gasteiger partial charge in [-0.15, -0.1) is 0 Å². The van der Waals surface area contributed by atoms with Gasteiger partial charge in [0.15, 0.2) is 17.7 Å². The highest BCUT2D eigenvalue weighted by Crippen LogP contribution is 2.33. The molecule has 1 aliphatic heterocycles. The molecule has 1 aromatic carbocycles. The number of carbonyl (C=O) groups is 3. The summed E-state index contributed by atoms with van der Waals surface area (Å²) in [4.78, 5) is 50.8. The van der Waals surface area contributed by atoms with Gasteiger partial charge in [-0.2, -0.15) is 0 Å². The number of hydrogen-bond acceptors (Lipinski definition) is 9. The quantitative estimate of drug-likeness (QED) is 0.415. The third kappa shape index (κ3) is 7.99. The van der Waals surface area contributed by atoms with Crippen molar-refractivity contribution < 1.29 is 33.1 Å². The minimum atomic E-state index is -0.821. The highest BCUT2D eigenvalue weighted by atomic mass is 19.1. The van der Waals surface area contributed by atoms with Crippen LogP contribution < -0.4 is 15.4 Å². The molecule has 41 heavy (non-hydrogen) atoms. The Morgan fingerprint density at radius 1 is 1.15 bits per heavy atom. The van der Waals surface area contributed by atoms with Crippen LogP contribution in [0, 0.1) is 18.7 Å². The van der Waals surface area contributed by atoms with E-state index in [1.165, 1.54) is 13.0 Å². The SMILES string of the molecule is CCOc1cc(CNC(=O)c2cc(C3=NOC([C@H]4CC[C@H](NC(=O)[C@H](C)OC(C)=O)CC4)C3)nc(C)n2)ccc1F. The first kappa shape index (κ1) is 29.9. The van der Waals surface area contributed by atoms with Crippen LogP contribution in [-0.2, 0) is 25.7 Å². The summed E-state index contributed by atoms with van der Waals surface area (Å²) in [7, 11) is 0. The molecule has 2 amide bonds. The Bertz CT molecular complexity index is 1310. The molecule has 2 aromatic rings. The molecule has 2 atom stereocenters. The molecular formula is C29H36FN5O6. The van der Waals surface area contributed by atoms with Crippen molar-refractivity contribution in [3.63, 3.8) is 0 Å². The van der Waals surface area contributed by atoms with Crippen molar-refractivity contribution in [3.8, 4) is 5.75 Å². The largest absolute Gasteiger partial charge is 0.491 e. The minimum Gasteiger partial charge on any atom is -0.491 e. The average Bonchev–Trinajstić information content (AvgIpc) is 3.43. The standard InChI is InChI=1S/C29H36FN5O6/c1-5-39-27-12-19(6-11-22(27)30)15-31-29(38)25-13-23(32-17(3)33-25)24-14-26(41-35-24)20-7-9-21(10-8-20)34-28(37)16(2)40-18(4)36/h6,11-13,16,20-21,26H,5,7-10,14-15H2,1-4H3,(H,31,38)(H,34,37)/t16-,20-,21-,26?/m0/s1. The Hall–Kier alpha value is -4.09. The Morgan fingerprint density at radius 2 is 1.90 bits per heavy atom. The Kier molecular flexibility index (Phi) is 9.85. The zero-order chi connectivity index (χ0) is 29.5. The van der Waals surface area contributed by atoms with Crippen molar-refractivity contribution in [2.24, 2.45) is 11.1 Å².